The molecule has 0 radical (unpaired) electrons. The fraction of sp³-hybridized carbons (Fsp3) is 0.133. The average Bonchev–Trinajstić information content (AvgIpc) is 2.88. The molecule has 5 nitrogen and oxygen atoms in total. The fourth-order valence-electron chi connectivity index (χ4n) is 2.06. The van der Waals surface area contributed by atoms with Gasteiger partial charge in [0.05, 0.1) is 5.56 Å². The average molecular weight is 267 g/mol. The number of hydrogen-bond donors (Lipinski definition) is 1. The van der Waals surface area contributed by atoms with Crippen LogP contribution in [0.4, 0.5) is 0 Å². The molecule has 1 N–H and O–H groups in total. The Morgan fingerprint density at radius 3 is 2.65 bits per heavy atom. The molecule has 0 bridgehead atoms. The van der Waals surface area contributed by atoms with Gasteiger partial charge < -0.3 is 5.11 Å². The predicted octanol–water partition coefficient (Wildman–Crippen LogP) is 2.21. The molecule has 0 aliphatic heterocycles. The molecule has 5 heteroatoms. The van der Waals surface area contributed by atoms with E-state index in [4.69, 9.17) is 5.11 Å². The number of aromatic nitrogens is 3. The first kappa shape index (κ1) is 12.3. The molecule has 100 valence electrons. The Morgan fingerprint density at radius 1 is 1.10 bits per heavy atom. The van der Waals surface area contributed by atoms with Crippen molar-refractivity contribution in [2.75, 3.05) is 0 Å². The number of nitrogens with zero attached hydrogens (tertiary/aromatic N) is 3. The topological polar surface area (TPSA) is 67.5 Å². The van der Waals surface area contributed by atoms with Crippen LogP contribution in [0, 0.1) is 0 Å². The van der Waals surface area contributed by atoms with Gasteiger partial charge in [0.1, 0.15) is 0 Å². The third kappa shape index (κ3) is 2.51. The zero-order chi connectivity index (χ0) is 13.9. The minimum atomic E-state index is -0.965. The molecule has 3 rings (SSSR count). The van der Waals surface area contributed by atoms with Gasteiger partial charge in [0.2, 0.25) is 0 Å². The Bertz CT molecular complexity index is 750. The highest BCUT2D eigenvalue weighted by Gasteiger charge is 2.07. The maximum absolute atomic E-state index is 10.9. The number of rotatable bonds is 4. The summed E-state index contributed by atoms with van der Waals surface area (Å²) in [5, 5.41) is 13.3. The van der Waals surface area contributed by atoms with E-state index in [1.807, 2.05) is 18.2 Å². The van der Waals surface area contributed by atoms with Crippen LogP contribution in [0.3, 0.4) is 0 Å². The lowest BCUT2D eigenvalue weighted by molar-refractivity contribution is 0.0696. The molecule has 0 spiro atoms. The summed E-state index contributed by atoms with van der Waals surface area (Å²) >= 11 is 0. The van der Waals surface area contributed by atoms with Gasteiger partial charge in [0, 0.05) is 12.6 Å². The van der Waals surface area contributed by atoms with E-state index >= 15 is 0 Å². The summed E-state index contributed by atoms with van der Waals surface area (Å²) in [5.41, 5.74) is 2.10. The van der Waals surface area contributed by atoms with Crippen molar-refractivity contribution in [3.05, 3.63) is 65.6 Å². The van der Waals surface area contributed by atoms with Crippen LogP contribution >= 0.6 is 0 Å². The van der Waals surface area contributed by atoms with Gasteiger partial charge in [0.25, 0.3) is 0 Å². The lowest BCUT2D eigenvalue weighted by Crippen LogP contribution is -1.99. The van der Waals surface area contributed by atoms with Crippen LogP contribution in [0.25, 0.3) is 5.65 Å². The van der Waals surface area contributed by atoms with E-state index in [1.54, 1.807) is 6.07 Å². The van der Waals surface area contributed by atoms with E-state index in [9.17, 15) is 4.79 Å². The van der Waals surface area contributed by atoms with Crippen molar-refractivity contribution >= 4 is 11.6 Å². The van der Waals surface area contributed by atoms with Crippen molar-refractivity contribution in [2.24, 2.45) is 0 Å². The molecule has 0 saturated carbocycles. The van der Waals surface area contributed by atoms with E-state index in [0.717, 1.165) is 18.7 Å². The second-order valence-corrected chi connectivity index (χ2v) is 4.54. The molecule has 2 heterocycles. The smallest absolute Gasteiger partial charge is 0.337 e. The minimum absolute atomic E-state index is 0.206. The number of carboxylic acid groups (broad SMARTS) is 1. The normalized spacial score (nSPS) is 10.8. The van der Waals surface area contributed by atoms with Gasteiger partial charge in [-0.05, 0) is 24.1 Å². The highest BCUT2D eigenvalue weighted by molar-refractivity contribution is 5.87. The van der Waals surface area contributed by atoms with Crippen LogP contribution in [0.15, 0.2) is 48.7 Å². The van der Waals surface area contributed by atoms with E-state index in [0.29, 0.717) is 5.65 Å². The van der Waals surface area contributed by atoms with E-state index in [2.05, 4.69) is 22.2 Å². The summed E-state index contributed by atoms with van der Waals surface area (Å²) in [6, 6.07) is 13.3. The van der Waals surface area contributed by atoms with Gasteiger partial charge in [-0.15, -0.1) is 0 Å². The molecule has 0 aliphatic rings. The number of carbonyl (C=O) groups is 1. The van der Waals surface area contributed by atoms with Crippen molar-refractivity contribution in [1.29, 1.82) is 0 Å². The zero-order valence-corrected chi connectivity index (χ0v) is 10.7. The molecule has 0 aliphatic carbocycles. The highest BCUT2D eigenvalue weighted by atomic mass is 16.4. The molecular formula is C15H13N3O2. The van der Waals surface area contributed by atoms with Gasteiger partial charge in [0.15, 0.2) is 11.5 Å². The second kappa shape index (κ2) is 5.13. The molecule has 2 aromatic heterocycles. The van der Waals surface area contributed by atoms with Crippen LogP contribution < -0.4 is 0 Å². The fourth-order valence-corrected chi connectivity index (χ4v) is 2.06. The summed E-state index contributed by atoms with van der Waals surface area (Å²) in [6.07, 6.45) is 3.08. The molecule has 0 fully saturated rings. The molecular weight excluding hydrogens is 254 g/mol. The molecule has 0 atom stereocenters. The Hall–Kier alpha value is -2.69. The third-order valence-electron chi connectivity index (χ3n) is 3.10. The molecule has 1 aromatic carbocycles. The van der Waals surface area contributed by atoms with Crippen LogP contribution in [-0.4, -0.2) is 25.7 Å². The molecule has 0 amide bonds. The van der Waals surface area contributed by atoms with Crippen molar-refractivity contribution in [2.45, 2.75) is 12.8 Å². The van der Waals surface area contributed by atoms with Crippen LogP contribution in [0.1, 0.15) is 21.7 Å². The first-order valence-electron chi connectivity index (χ1n) is 6.35. The zero-order valence-electron chi connectivity index (χ0n) is 10.7. The van der Waals surface area contributed by atoms with Crippen molar-refractivity contribution in [3.8, 4) is 0 Å². The van der Waals surface area contributed by atoms with Crippen molar-refractivity contribution in [1.82, 2.24) is 14.6 Å². The standard InChI is InChI=1S/C15H13N3O2/c19-15(20)12-7-9-14-16-13(17-18(14)10-12)8-6-11-4-2-1-3-5-11/h1-5,7,9-10H,6,8H2,(H,19,20). The lowest BCUT2D eigenvalue weighted by Gasteiger charge is -1.96. The summed E-state index contributed by atoms with van der Waals surface area (Å²) < 4.78 is 1.52. The van der Waals surface area contributed by atoms with Crippen LogP contribution in [0.5, 0.6) is 0 Å². The first-order chi connectivity index (χ1) is 9.72. The number of aryl methyl sites for hydroxylation is 2. The number of fused-ring (bicyclic) bond motifs is 1. The Balaban J connectivity index is 1.80. The molecule has 0 unspecified atom stereocenters. The monoisotopic (exact) mass is 267 g/mol. The Labute approximate surface area is 115 Å². The van der Waals surface area contributed by atoms with Crippen LogP contribution in [0.2, 0.25) is 0 Å². The van der Waals surface area contributed by atoms with Crippen molar-refractivity contribution in [3.63, 3.8) is 0 Å². The lowest BCUT2D eigenvalue weighted by atomic mass is 10.1. The largest absolute Gasteiger partial charge is 0.478 e. The maximum Gasteiger partial charge on any atom is 0.337 e. The van der Waals surface area contributed by atoms with E-state index in [1.165, 1.54) is 22.3 Å². The predicted molar refractivity (Wildman–Crippen MR) is 73.8 cm³/mol. The molecule has 3 aromatic rings. The Morgan fingerprint density at radius 2 is 1.90 bits per heavy atom. The van der Waals surface area contributed by atoms with Gasteiger partial charge in [-0.25, -0.2) is 14.3 Å². The van der Waals surface area contributed by atoms with Gasteiger partial charge in [-0.3, -0.25) is 0 Å². The maximum atomic E-state index is 10.9. The number of hydrogen-bond acceptors (Lipinski definition) is 3. The van der Waals surface area contributed by atoms with Crippen molar-refractivity contribution < 1.29 is 9.90 Å². The first-order valence-corrected chi connectivity index (χ1v) is 6.35. The number of benzene rings is 1. The highest BCUT2D eigenvalue weighted by Crippen LogP contribution is 2.08. The van der Waals surface area contributed by atoms with E-state index in [-0.39, 0.29) is 5.56 Å². The number of pyridine rings is 1. The van der Waals surface area contributed by atoms with E-state index < -0.39 is 5.97 Å². The molecule has 0 saturated heterocycles. The third-order valence-corrected chi connectivity index (χ3v) is 3.10. The molecule has 20 heavy (non-hydrogen) atoms. The minimum Gasteiger partial charge on any atom is -0.478 e. The van der Waals surface area contributed by atoms with Crippen LogP contribution in [-0.2, 0) is 12.8 Å². The SMILES string of the molecule is O=C(O)c1ccc2nc(CCc3ccccc3)nn2c1. The quantitative estimate of drug-likeness (QED) is 0.787. The second-order valence-electron chi connectivity index (χ2n) is 4.54. The number of carboxylic acids is 1. The summed E-state index contributed by atoms with van der Waals surface area (Å²) in [6.45, 7) is 0. The summed E-state index contributed by atoms with van der Waals surface area (Å²) in [7, 11) is 0. The summed E-state index contributed by atoms with van der Waals surface area (Å²) in [4.78, 5) is 15.3. The summed E-state index contributed by atoms with van der Waals surface area (Å²) in [5.74, 6) is -0.246. The van der Waals surface area contributed by atoms with Gasteiger partial charge in [-0.1, -0.05) is 30.3 Å². The number of aromatic carboxylic acids is 1. The Kier molecular flexibility index (Phi) is 3.16. The van der Waals surface area contributed by atoms with Gasteiger partial charge >= 0.3 is 5.97 Å². The van der Waals surface area contributed by atoms with Gasteiger partial charge in [-0.2, -0.15) is 5.10 Å².